The van der Waals surface area contributed by atoms with Crippen molar-refractivity contribution >= 4 is 17.0 Å². The molecule has 1 aromatic heterocycles. The van der Waals surface area contributed by atoms with Crippen molar-refractivity contribution in [1.29, 1.82) is 0 Å². The van der Waals surface area contributed by atoms with Gasteiger partial charge in [0.25, 0.3) is 0 Å². The predicted molar refractivity (Wildman–Crippen MR) is 63.7 cm³/mol. The monoisotopic (exact) mass is 230 g/mol. The zero-order valence-electron chi connectivity index (χ0n) is 9.44. The van der Waals surface area contributed by atoms with E-state index in [1.54, 1.807) is 0 Å². The van der Waals surface area contributed by atoms with Crippen molar-refractivity contribution in [2.24, 2.45) is 5.41 Å². The van der Waals surface area contributed by atoms with Crippen LogP contribution < -0.4 is 0 Å². The summed E-state index contributed by atoms with van der Waals surface area (Å²) >= 11 is 0. The zero-order chi connectivity index (χ0) is 11.9. The van der Waals surface area contributed by atoms with Gasteiger partial charge in [-0.1, -0.05) is 12.1 Å². The Morgan fingerprint density at radius 3 is 2.82 bits per heavy atom. The largest absolute Gasteiger partial charge is 0.481 e. The van der Waals surface area contributed by atoms with Crippen LogP contribution in [0.4, 0.5) is 0 Å². The fourth-order valence-corrected chi connectivity index (χ4v) is 2.20. The Kier molecular flexibility index (Phi) is 2.18. The van der Waals surface area contributed by atoms with E-state index in [2.05, 4.69) is 9.97 Å². The number of aliphatic carboxylic acids is 1. The molecule has 0 unspecified atom stereocenters. The van der Waals surface area contributed by atoms with Crippen LogP contribution in [-0.2, 0) is 11.2 Å². The summed E-state index contributed by atoms with van der Waals surface area (Å²) in [6.07, 6.45) is 3.01. The molecule has 0 radical (unpaired) electrons. The molecule has 4 nitrogen and oxygen atoms in total. The quantitative estimate of drug-likeness (QED) is 0.847. The van der Waals surface area contributed by atoms with Gasteiger partial charge >= 0.3 is 5.97 Å². The van der Waals surface area contributed by atoms with E-state index in [0.717, 1.165) is 29.7 Å². The number of aromatic nitrogens is 2. The maximum atomic E-state index is 11.0. The van der Waals surface area contributed by atoms with E-state index in [4.69, 9.17) is 5.11 Å². The highest BCUT2D eigenvalue weighted by molar-refractivity contribution is 5.78. The minimum Gasteiger partial charge on any atom is -0.481 e. The highest BCUT2D eigenvalue weighted by Gasteiger charge is 2.49. The van der Waals surface area contributed by atoms with E-state index in [0.29, 0.717) is 12.8 Å². The van der Waals surface area contributed by atoms with Gasteiger partial charge in [0.15, 0.2) is 0 Å². The van der Waals surface area contributed by atoms with E-state index >= 15 is 0 Å². The van der Waals surface area contributed by atoms with Crippen LogP contribution in [0.25, 0.3) is 11.0 Å². The summed E-state index contributed by atoms with van der Waals surface area (Å²) in [5.74, 6) is 0.229. The van der Waals surface area contributed by atoms with Crippen molar-refractivity contribution in [3.05, 3.63) is 30.1 Å². The SMILES string of the molecule is O=C(O)C1(CCc2nc3ccccc3[nH]2)CC1. The van der Waals surface area contributed by atoms with Crippen molar-refractivity contribution in [1.82, 2.24) is 9.97 Å². The minimum absolute atomic E-state index is 0.459. The Labute approximate surface area is 98.7 Å². The number of hydrogen-bond acceptors (Lipinski definition) is 2. The second-order valence-electron chi connectivity index (χ2n) is 4.79. The normalized spacial score (nSPS) is 17.2. The summed E-state index contributed by atoms with van der Waals surface area (Å²) in [6, 6.07) is 7.85. The average molecular weight is 230 g/mol. The molecule has 0 atom stereocenters. The number of rotatable bonds is 4. The van der Waals surface area contributed by atoms with Crippen molar-refractivity contribution in [3.8, 4) is 0 Å². The molecule has 2 N–H and O–H groups in total. The number of benzene rings is 1. The smallest absolute Gasteiger partial charge is 0.309 e. The van der Waals surface area contributed by atoms with E-state index in [9.17, 15) is 4.79 Å². The Morgan fingerprint density at radius 1 is 1.41 bits per heavy atom. The highest BCUT2D eigenvalue weighted by Crippen LogP contribution is 2.49. The summed E-state index contributed by atoms with van der Waals surface area (Å²) in [5, 5.41) is 9.09. The molecular formula is C13H14N2O2. The molecule has 0 aliphatic heterocycles. The Hall–Kier alpha value is -1.84. The fourth-order valence-electron chi connectivity index (χ4n) is 2.20. The van der Waals surface area contributed by atoms with Gasteiger partial charge in [-0.15, -0.1) is 0 Å². The molecule has 1 fully saturated rings. The second kappa shape index (κ2) is 3.58. The highest BCUT2D eigenvalue weighted by atomic mass is 16.4. The third kappa shape index (κ3) is 1.79. The molecule has 4 heteroatoms. The predicted octanol–water partition coefficient (Wildman–Crippen LogP) is 2.36. The first-order chi connectivity index (χ1) is 8.20. The number of fused-ring (bicyclic) bond motifs is 1. The number of nitrogens with one attached hydrogen (secondary N) is 1. The first kappa shape index (κ1) is 10.3. The van der Waals surface area contributed by atoms with Crippen LogP contribution in [0.3, 0.4) is 0 Å². The molecule has 0 spiro atoms. The number of carboxylic acids is 1. The molecule has 0 saturated heterocycles. The van der Waals surface area contributed by atoms with Crippen LogP contribution in [0.2, 0.25) is 0 Å². The van der Waals surface area contributed by atoms with Crippen LogP contribution in [0, 0.1) is 5.41 Å². The first-order valence-electron chi connectivity index (χ1n) is 5.87. The molecule has 88 valence electrons. The van der Waals surface area contributed by atoms with Gasteiger partial charge in [0, 0.05) is 6.42 Å². The standard InChI is InChI=1S/C13H14N2O2/c16-12(17)13(7-8-13)6-5-11-14-9-3-1-2-4-10(9)15-11/h1-4H,5-8H2,(H,14,15)(H,16,17). The number of aryl methyl sites for hydroxylation is 1. The number of para-hydroxylation sites is 2. The lowest BCUT2D eigenvalue weighted by Crippen LogP contribution is -2.15. The molecule has 3 rings (SSSR count). The van der Waals surface area contributed by atoms with Gasteiger partial charge in [-0.05, 0) is 31.4 Å². The lowest BCUT2D eigenvalue weighted by atomic mass is 10.0. The fraction of sp³-hybridized carbons (Fsp3) is 0.385. The number of carboxylic acid groups (broad SMARTS) is 1. The van der Waals surface area contributed by atoms with E-state index in [1.807, 2.05) is 24.3 Å². The summed E-state index contributed by atoms with van der Waals surface area (Å²) in [6.45, 7) is 0. The van der Waals surface area contributed by atoms with E-state index in [-0.39, 0.29) is 0 Å². The molecule has 1 aromatic carbocycles. The maximum absolute atomic E-state index is 11.0. The van der Waals surface area contributed by atoms with Gasteiger partial charge in [-0.25, -0.2) is 4.98 Å². The van der Waals surface area contributed by atoms with Crippen LogP contribution in [0.5, 0.6) is 0 Å². The molecule has 0 bridgehead atoms. The molecule has 0 amide bonds. The number of nitrogens with zero attached hydrogens (tertiary/aromatic N) is 1. The van der Waals surface area contributed by atoms with Crippen LogP contribution in [0.1, 0.15) is 25.1 Å². The Morgan fingerprint density at radius 2 is 2.18 bits per heavy atom. The van der Waals surface area contributed by atoms with Crippen LogP contribution in [-0.4, -0.2) is 21.0 Å². The van der Waals surface area contributed by atoms with Crippen LogP contribution in [0.15, 0.2) is 24.3 Å². The van der Waals surface area contributed by atoms with Gasteiger partial charge in [0.2, 0.25) is 0 Å². The van der Waals surface area contributed by atoms with Gasteiger partial charge in [0.1, 0.15) is 5.82 Å². The average Bonchev–Trinajstić information content (AvgIpc) is 3.00. The summed E-state index contributed by atoms with van der Waals surface area (Å²) < 4.78 is 0. The number of aromatic amines is 1. The Balaban J connectivity index is 1.75. The van der Waals surface area contributed by atoms with Crippen molar-refractivity contribution in [2.75, 3.05) is 0 Å². The first-order valence-corrected chi connectivity index (χ1v) is 5.87. The molecule has 1 aliphatic rings. The molecule has 2 aromatic rings. The summed E-state index contributed by atoms with van der Waals surface area (Å²) in [4.78, 5) is 18.7. The molecular weight excluding hydrogens is 216 g/mol. The van der Waals surface area contributed by atoms with E-state index < -0.39 is 11.4 Å². The zero-order valence-corrected chi connectivity index (χ0v) is 9.44. The van der Waals surface area contributed by atoms with Gasteiger partial charge < -0.3 is 10.1 Å². The topological polar surface area (TPSA) is 66.0 Å². The number of carbonyl (C=O) groups is 1. The van der Waals surface area contributed by atoms with Gasteiger partial charge in [-0.3, -0.25) is 4.79 Å². The number of imidazole rings is 1. The van der Waals surface area contributed by atoms with Gasteiger partial charge in [-0.2, -0.15) is 0 Å². The molecule has 1 heterocycles. The minimum atomic E-state index is -0.659. The summed E-state index contributed by atoms with van der Waals surface area (Å²) in [7, 11) is 0. The number of H-pyrrole nitrogens is 1. The number of hydrogen-bond donors (Lipinski definition) is 2. The maximum Gasteiger partial charge on any atom is 0.309 e. The molecule has 1 aliphatic carbocycles. The molecule has 17 heavy (non-hydrogen) atoms. The van der Waals surface area contributed by atoms with Gasteiger partial charge in [0.05, 0.1) is 16.4 Å². The third-order valence-corrected chi connectivity index (χ3v) is 3.59. The van der Waals surface area contributed by atoms with Crippen LogP contribution >= 0.6 is 0 Å². The molecule has 1 saturated carbocycles. The lowest BCUT2D eigenvalue weighted by molar-refractivity contribution is -0.143. The second-order valence-corrected chi connectivity index (χ2v) is 4.79. The van der Waals surface area contributed by atoms with Crippen molar-refractivity contribution in [2.45, 2.75) is 25.7 Å². The van der Waals surface area contributed by atoms with Crippen molar-refractivity contribution < 1.29 is 9.90 Å². The van der Waals surface area contributed by atoms with E-state index in [1.165, 1.54) is 0 Å². The Bertz CT molecular complexity index is 537. The summed E-state index contributed by atoms with van der Waals surface area (Å²) in [5.41, 5.74) is 1.50. The lowest BCUT2D eigenvalue weighted by Gasteiger charge is -2.06. The van der Waals surface area contributed by atoms with Crippen molar-refractivity contribution in [3.63, 3.8) is 0 Å². The third-order valence-electron chi connectivity index (χ3n) is 3.59.